The lowest BCUT2D eigenvalue weighted by Gasteiger charge is -2.31. The second-order valence-electron chi connectivity index (χ2n) is 5.52. The van der Waals surface area contributed by atoms with Crippen molar-refractivity contribution in [3.8, 4) is 0 Å². The molecule has 1 fully saturated rings. The maximum atomic E-state index is 9.87. The molecular weight excluding hydrogens is 258 g/mol. The smallest absolute Gasteiger partial charge is 0.0897 e. The molecule has 0 amide bonds. The van der Waals surface area contributed by atoms with Gasteiger partial charge in [0.1, 0.15) is 0 Å². The lowest BCUT2D eigenvalue weighted by Crippen LogP contribution is -2.36. The highest BCUT2D eigenvalue weighted by molar-refractivity contribution is 4.75. The van der Waals surface area contributed by atoms with E-state index in [-0.39, 0.29) is 6.61 Å². The molecule has 0 aromatic rings. The summed E-state index contributed by atoms with van der Waals surface area (Å²) in [7, 11) is 0. The lowest BCUT2D eigenvalue weighted by atomic mass is 9.85. The van der Waals surface area contributed by atoms with Crippen LogP contribution in [-0.4, -0.2) is 61.9 Å². The van der Waals surface area contributed by atoms with Crippen LogP contribution in [0.5, 0.6) is 0 Å². The normalized spacial score (nSPS) is 24.8. The molecule has 5 nitrogen and oxygen atoms in total. The van der Waals surface area contributed by atoms with E-state index in [2.05, 4.69) is 12.2 Å². The van der Waals surface area contributed by atoms with Gasteiger partial charge in [0.05, 0.1) is 38.6 Å². The second kappa shape index (κ2) is 11.5. The van der Waals surface area contributed by atoms with Gasteiger partial charge >= 0.3 is 0 Å². The Kier molecular flexibility index (Phi) is 10.2. The van der Waals surface area contributed by atoms with E-state index in [1.54, 1.807) is 0 Å². The molecule has 0 spiro atoms. The van der Waals surface area contributed by atoms with Gasteiger partial charge in [0.25, 0.3) is 0 Å². The zero-order valence-electron chi connectivity index (χ0n) is 12.7. The fourth-order valence-corrected chi connectivity index (χ4v) is 2.73. The van der Waals surface area contributed by atoms with Gasteiger partial charge < -0.3 is 25.0 Å². The predicted octanol–water partition coefficient (Wildman–Crippen LogP) is 0.931. The molecule has 0 heterocycles. The van der Waals surface area contributed by atoms with Gasteiger partial charge in [-0.1, -0.05) is 26.2 Å². The Morgan fingerprint density at radius 2 is 2.05 bits per heavy atom. The van der Waals surface area contributed by atoms with Crippen molar-refractivity contribution in [2.45, 2.75) is 51.2 Å². The number of nitrogens with one attached hydrogen (secondary N) is 1. The van der Waals surface area contributed by atoms with Crippen LogP contribution in [0.15, 0.2) is 0 Å². The van der Waals surface area contributed by atoms with Crippen molar-refractivity contribution in [1.82, 2.24) is 5.32 Å². The Labute approximate surface area is 122 Å². The zero-order chi connectivity index (χ0) is 14.6. The maximum Gasteiger partial charge on any atom is 0.0897 e. The van der Waals surface area contributed by atoms with Crippen molar-refractivity contribution in [2.75, 3.05) is 39.5 Å². The summed E-state index contributed by atoms with van der Waals surface area (Å²) < 4.78 is 11.0. The minimum atomic E-state index is -0.465. The van der Waals surface area contributed by atoms with E-state index < -0.39 is 6.10 Å². The summed E-state index contributed by atoms with van der Waals surface area (Å²) in [4.78, 5) is 0. The molecular formula is C15H31NO4. The molecule has 0 saturated heterocycles. The third-order valence-electron chi connectivity index (χ3n) is 3.91. The largest absolute Gasteiger partial charge is 0.394 e. The first kappa shape index (κ1) is 17.9. The Morgan fingerprint density at radius 1 is 1.25 bits per heavy atom. The molecule has 1 saturated carbocycles. The Bertz CT molecular complexity index is 228. The zero-order valence-corrected chi connectivity index (χ0v) is 12.7. The molecule has 0 aromatic heterocycles. The van der Waals surface area contributed by atoms with Crippen LogP contribution in [-0.2, 0) is 9.47 Å². The van der Waals surface area contributed by atoms with Crippen molar-refractivity contribution in [3.63, 3.8) is 0 Å². The summed E-state index contributed by atoms with van der Waals surface area (Å²) >= 11 is 0. The van der Waals surface area contributed by atoms with Crippen LogP contribution in [0.2, 0.25) is 0 Å². The summed E-state index contributed by atoms with van der Waals surface area (Å²) in [6, 6.07) is 0. The number of rotatable bonds is 11. The average Bonchev–Trinajstić information content (AvgIpc) is 2.49. The molecule has 1 rings (SSSR count). The molecule has 20 heavy (non-hydrogen) atoms. The molecule has 0 radical (unpaired) electrons. The number of hydrogen-bond acceptors (Lipinski definition) is 5. The number of aliphatic hydroxyl groups excluding tert-OH is 2. The molecule has 5 heteroatoms. The monoisotopic (exact) mass is 289 g/mol. The van der Waals surface area contributed by atoms with E-state index >= 15 is 0 Å². The Morgan fingerprint density at radius 3 is 2.80 bits per heavy atom. The highest BCUT2D eigenvalue weighted by atomic mass is 16.5. The first-order chi connectivity index (χ1) is 9.77. The van der Waals surface area contributed by atoms with Gasteiger partial charge in [-0.3, -0.25) is 0 Å². The predicted molar refractivity (Wildman–Crippen MR) is 78.8 cm³/mol. The fraction of sp³-hybridized carbons (Fsp3) is 1.00. The van der Waals surface area contributed by atoms with E-state index in [1.807, 2.05) is 0 Å². The molecule has 3 atom stereocenters. The van der Waals surface area contributed by atoms with Crippen molar-refractivity contribution in [2.24, 2.45) is 5.92 Å². The van der Waals surface area contributed by atoms with Crippen LogP contribution in [0.1, 0.15) is 39.0 Å². The SMILES string of the molecule is CCC1CCCCC1OCC(O)CNCCOCCO. The second-order valence-corrected chi connectivity index (χ2v) is 5.52. The molecule has 1 aliphatic carbocycles. The van der Waals surface area contributed by atoms with Gasteiger partial charge in [0.2, 0.25) is 0 Å². The first-order valence-electron chi connectivity index (χ1n) is 7.96. The summed E-state index contributed by atoms with van der Waals surface area (Å²) in [5.74, 6) is 0.663. The molecule has 1 aliphatic rings. The topological polar surface area (TPSA) is 71.0 Å². The van der Waals surface area contributed by atoms with Crippen LogP contribution in [0.3, 0.4) is 0 Å². The van der Waals surface area contributed by atoms with Gasteiger partial charge in [-0.15, -0.1) is 0 Å². The van der Waals surface area contributed by atoms with E-state index in [0.717, 1.165) is 6.42 Å². The Balaban J connectivity index is 2.02. The average molecular weight is 289 g/mol. The molecule has 120 valence electrons. The minimum absolute atomic E-state index is 0.0520. The fourth-order valence-electron chi connectivity index (χ4n) is 2.73. The van der Waals surface area contributed by atoms with Crippen molar-refractivity contribution in [1.29, 1.82) is 0 Å². The van der Waals surface area contributed by atoms with Crippen LogP contribution < -0.4 is 5.32 Å². The molecule has 0 aliphatic heterocycles. The van der Waals surface area contributed by atoms with E-state index in [1.165, 1.54) is 25.7 Å². The molecule has 0 bridgehead atoms. The van der Waals surface area contributed by atoms with E-state index in [0.29, 0.717) is 44.9 Å². The minimum Gasteiger partial charge on any atom is -0.394 e. The third kappa shape index (κ3) is 7.55. The van der Waals surface area contributed by atoms with Crippen molar-refractivity contribution in [3.05, 3.63) is 0 Å². The first-order valence-corrected chi connectivity index (χ1v) is 7.96. The summed E-state index contributed by atoms with van der Waals surface area (Å²) in [5, 5.41) is 21.5. The van der Waals surface area contributed by atoms with Gasteiger partial charge in [0, 0.05) is 13.1 Å². The van der Waals surface area contributed by atoms with Gasteiger partial charge in [-0.05, 0) is 18.8 Å². The number of ether oxygens (including phenoxy) is 2. The highest BCUT2D eigenvalue weighted by Gasteiger charge is 2.24. The summed E-state index contributed by atoms with van der Waals surface area (Å²) in [6.45, 7) is 4.80. The number of aliphatic hydroxyl groups is 2. The molecule has 3 unspecified atom stereocenters. The quantitative estimate of drug-likeness (QED) is 0.494. The van der Waals surface area contributed by atoms with E-state index in [9.17, 15) is 5.11 Å². The Hall–Kier alpha value is -0.200. The van der Waals surface area contributed by atoms with Gasteiger partial charge in [-0.2, -0.15) is 0 Å². The van der Waals surface area contributed by atoms with Gasteiger partial charge in [-0.25, -0.2) is 0 Å². The summed E-state index contributed by atoms with van der Waals surface area (Å²) in [5.41, 5.74) is 0. The standard InChI is InChI=1S/C15H31NO4/c1-2-13-5-3-4-6-15(13)20-12-14(18)11-16-7-9-19-10-8-17/h13-18H,2-12H2,1H3. The van der Waals surface area contributed by atoms with Gasteiger partial charge in [0.15, 0.2) is 0 Å². The summed E-state index contributed by atoms with van der Waals surface area (Å²) in [6.07, 6.45) is 5.99. The van der Waals surface area contributed by atoms with Crippen molar-refractivity contribution >= 4 is 0 Å². The highest BCUT2D eigenvalue weighted by Crippen LogP contribution is 2.29. The number of hydrogen-bond donors (Lipinski definition) is 3. The van der Waals surface area contributed by atoms with E-state index in [4.69, 9.17) is 14.6 Å². The maximum absolute atomic E-state index is 9.87. The van der Waals surface area contributed by atoms with Crippen LogP contribution in [0, 0.1) is 5.92 Å². The third-order valence-corrected chi connectivity index (χ3v) is 3.91. The van der Waals surface area contributed by atoms with Crippen LogP contribution in [0.4, 0.5) is 0 Å². The lowest BCUT2D eigenvalue weighted by molar-refractivity contribution is -0.0501. The van der Waals surface area contributed by atoms with Crippen LogP contribution in [0.25, 0.3) is 0 Å². The molecule has 3 N–H and O–H groups in total. The van der Waals surface area contributed by atoms with Crippen molar-refractivity contribution < 1.29 is 19.7 Å². The van der Waals surface area contributed by atoms with Crippen LogP contribution >= 0.6 is 0 Å². The molecule has 0 aromatic carbocycles.